The Labute approximate surface area is 122 Å². The van der Waals surface area contributed by atoms with Crippen LogP contribution >= 0.6 is 11.3 Å². The minimum absolute atomic E-state index is 0.774. The van der Waals surface area contributed by atoms with E-state index < -0.39 is 0 Å². The Morgan fingerprint density at radius 2 is 2.10 bits per heavy atom. The van der Waals surface area contributed by atoms with Crippen LogP contribution in [0.25, 0.3) is 11.3 Å². The number of nitrogens with one attached hydrogen (secondary N) is 1. The van der Waals surface area contributed by atoms with Gasteiger partial charge < -0.3 is 4.74 Å². The summed E-state index contributed by atoms with van der Waals surface area (Å²) in [5, 5.41) is 6.91. The van der Waals surface area contributed by atoms with Gasteiger partial charge in [0.15, 0.2) is 0 Å². The molecule has 2 rings (SSSR count). The molecule has 104 valence electrons. The summed E-state index contributed by atoms with van der Waals surface area (Å²) in [5.41, 5.74) is 6.02. The molecule has 0 aliphatic rings. The van der Waals surface area contributed by atoms with Gasteiger partial charge in [0, 0.05) is 17.2 Å². The van der Waals surface area contributed by atoms with Gasteiger partial charge in [-0.05, 0) is 43.7 Å². The number of nitrogens with zero attached hydrogens (tertiary/aromatic N) is 2. The topological polar surface area (TPSA) is 46.5 Å². The van der Waals surface area contributed by atoms with E-state index in [0.29, 0.717) is 0 Å². The number of aromatic nitrogens is 1. The predicted molar refractivity (Wildman–Crippen MR) is 85.6 cm³/mol. The number of hydrogen-bond acceptors (Lipinski definition) is 5. The van der Waals surface area contributed by atoms with E-state index >= 15 is 0 Å². The van der Waals surface area contributed by atoms with E-state index in [1.165, 1.54) is 11.3 Å². The number of hydrogen-bond donors (Lipinski definition) is 1. The highest BCUT2D eigenvalue weighted by atomic mass is 32.1. The summed E-state index contributed by atoms with van der Waals surface area (Å²) in [7, 11) is 1.66. The SMILES string of the molecule is C/C=C(C)/C=N/Nc1nc(-c2ccc(OC)cc2)cs1. The maximum Gasteiger partial charge on any atom is 0.203 e. The zero-order chi connectivity index (χ0) is 14.4. The Kier molecular flexibility index (Phi) is 4.90. The van der Waals surface area contributed by atoms with Crippen LogP contribution in [0.15, 0.2) is 46.4 Å². The Bertz CT molecular complexity index is 614. The van der Waals surface area contributed by atoms with Crippen LogP contribution in [0.1, 0.15) is 13.8 Å². The molecule has 1 aromatic carbocycles. The standard InChI is InChI=1S/C15H17N3OS/c1-4-11(2)9-16-18-15-17-14(10-20-15)12-5-7-13(19-3)8-6-12/h4-10H,1-3H3,(H,17,18)/b11-4+,16-9+. The van der Waals surface area contributed by atoms with Crippen LogP contribution in [0.4, 0.5) is 5.13 Å². The van der Waals surface area contributed by atoms with Crippen molar-refractivity contribution in [2.75, 3.05) is 12.5 Å². The second kappa shape index (κ2) is 6.86. The minimum atomic E-state index is 0.774. The molecule has 1 heterocycles. The van der Waals surface area contributed by atoms with Crippen molar-refractivity contribution < 1.29 is 4.74 Å². The summed E-state index contributed by atoms with van der Waals surface area (Å²) in [6.07, 6.45) is 3.77. The molecule has 0 unspecified atom stereocenters. The summed E-state index contributed by atoms with van der Waals surface area (Å²) in [6.45, 7) is 3.97. The number of ether oxygens (including phenoxy) is 1. The van der Waals surface area contributed by atoms with Gasteiger partial charge in [0.2, 0.25) is 5.13 Å². The smallest absolute Gasteiger partial charge is 0.203 e. The number of anilines is 1. The maximum atomic E-state index is 5.14. The molecule has 0 fully saturated rings. The van der Waals surface area contributed by atoms with Crippen LogP contribution in [0.2, 0.25) is 0 Å². The molecule has 4 nitrogen and oxygen atoms in total. The van der Waals surface area contributed by atoms with E-state index in [9.17, 15) is 0 Å². The monoisotopic (exact) mass is 287 g/mol. The molecule has 0 saturated heterocycles. The third-order valence-corrected chi connectivity index (χ3v) is 3.52. The third kappa shape index (κ3) is 3.68. The Hall–Kier alpha value is -2.14. The quantitative estimate of drug-likeness (QED) is 0.662. The van der Waals surface area contributed by atoms with E-state index in [-0.39, 0.29) is 0 Å². The Balaban J connectivity index is 2.06. The summed E-state index contributed by atoms with van der Waals surface area (Å²) in [6, 6.07) is 7.83. The van der Waals surface area contributed by atoms with E-state index in [1.807, 2.05) is 49.6 Å². The number of thiazole rings is 1. The largest absolute Gasteiger partial charge is 0.497 e. The van der Waals surface area contributed by atoms with Crippen molar-refractivity contribution in [1.82, 2.24) is 4.98 Å². The van der Waals surface area contributed by atoms with Crippen LogP contribution in [-0.4, -0.2) is 18.3 Å². The second-order valence-corrected chi connectivity index (χ2v) is 5.03. The molecule has 2 aromatic rings. The molecule has 20 heavy (non-hydrogen) atoms. The first-order valence-electron chi connectivity index (χ1n) is 6.25. The van der Waals surface area contributed by atoms with Gasteiger partial charge in [-0.3, -0.25) is 5.43 Å². The molecule has 0 aliphatic carbocycles. The van der Waals surface area contributed by atoms with E-state index in [1.54, 1.807) is 13.3 Å². The van der Waals surface area contributed by atoms with E-state index in [2.05, 4.69) is 15.5 Å². The van der Waals surface area contributed by atoms with Crippen LogP contribution < -0.4 is 10.2 Å². The van der Waals surface area contributed by atoms with Crippen LogP contribution in [-0.2, 0) is 0 Å². The summed E-state index contributed by atoms with van der Waals surface area (Å²) >= 11 is 1.53. The van der Waals surface area contributed by atoms with Crippen LogP contribution in [0.5, 0.6) is 5.75 Å². The number of benzene rings is 1. The van der Waals surface area contributed by atoms with Gasteiger partial charge in [0.05, 0.1) is 12.8 Å². The maximum absolute atomic E-state index is 5.14. The van der Waals surface area contributed by atoms with Gasteiger partial charge in [-0.1, -0.05) is 6.08 Å². The molecule has 5 heteroatoms. The molecule has 0 radical (unpaired) electrons. The van der Waals surface area contributed by atoms with Crippen LogP contribution in [0.3, 0.4) is 0 Å². The Morgan fingerprint density at radius 3 is 2.75 bits per heavy atom. The molecule has 0 atom stereocenters. The van der Waals surface area contributed by atoms with Gasteiger partial charge in [-0.2, -0.15) is 5.10 Å². The van der Waals surface area contributed by atoms with Gasteiger partial charge in [0.25, 0.3) is 0 Å². The molecule has 0 spiro atoms. The minimum Gasteiger partial charge on any atom is -0.497 e. The van der Waals surface area contributed by atoms with Crippen molar-refractivity contribution in [2.45, 2.75) is 13.8 Å². The first-order chi connectivity index (χ1) is 9.72. The summed E-state index contributed by atoms with van der Waals surface area (Å²) < 4.78 is 5.14. The molecule has 0 saturated carbocycles. The average Bonchev–Trinajstić information content (AvgIpc) is 2.96. The Morgan fingerprint density at radius 1 is 1.35 bits per heavy atom. The zero-order valence-electron chi connectivity index (χ0n) is 11.8. The number of rotatable bonds is 5. The lowest BCUT2D eigenvalue weighted by Gasteiger charge is -2.00. The zero-order valence-corrected chi connectivity index (χ0v) is 12.6. The molecular weight excluding hydrogens is 270 g/mol. The van der Waals surface area contributed by atoms with Crippen molar-refractivity contribution in [3.63, 3.8) is 0 Å². The summed E-state index contributed by atoms with van der Waals surface area (Å²) in [4.78, 5) is 4.49. The lowest BCUT2D eigenvalue weighted by molar-refractivity contribution is 0.415. The predicted octanol–water partition coefficient (Wildman–Crippen LogP) is 4.18. The fourth-order valence-corrected chi connectivity index (χ4v) is 2.15. The normalized spacial score (nSPS) is 11.8. The molecule has 1 N–H and O–H groups in total. The summed E-state index contributed by atoms with van der Waals surface area (Å²) in [5.74, 6) is 0.841. The fourth-order valence-electron chi connectivity index (χ4n) is 1.48. The molecular formula is C15H17N3OS. The van der Waals surface area contributed by atoms with Crippen molar-refractivity contribution in [3.8, 4) is 17.0 Å². The highest BCUT2D eigenvalue weighted by Gasteiger charge is 2.04. The van der Waals surface area contributed by atoms with Crippen LogP contribution in [0, 0.1) is 0 Å². The highest BCUT2D eigenvalue weighted by Crippen LogP contribution is 2.26. The number of methoxy groups -OCH3 is 1. The highest BCUT2D eigenvalue weighted by molar-refractivity contribution is 7.14. The molecule has 0 aliphatic heterocycles. The number of hydrazone groups is 1. The van der Waals surface area contributed by atoms with E-state index in [4.69, 9.17) is 4.74 Å². The molecule has 0 bridgehead atoms. The third-order valence-electron chi connectivity index (χ3n) is 2.77. The lowest BCUT2D eigenvalue weighted by Crippen LogP contribution is -1.89. The fraction of sp³-hybridized carbons (Fsp3) is 0.200. The van der Waals surface area contributed by atoms with Crippen molar-refractivity contribution in [3.05, 3.63) is 41.3 Å². The van der Waals surface area contributed by atoms with Gasteiger partial charge in [-0.15, -0.1) is 11.3 Å². The van der Waals surface area contributed by atoms with Gasteiger partial charge >= 0.3 is 0 Å². The van der Waals surface area contributed by atoms with Gasteiger partial charge in [-0.25, -0.2) is 4.98 Å². The first kappa shape index (κ1) is 14.3. The average molecular weight is 287 g/mol. The van der Waals surface area contributed by atoms with E-state index in [0.717, 1.165) is 27.7 Å². The number of allylic oxidation sites excluding steroid dienone is 2. The second-order valence-electron chi connectivity index (χ2n) is 4.17. The van der Waals surface area contributed by atoms with Crippen molar-refractivity contribution in [1.29, 1.82) is 0 Å². The molecule has 0 amide bonds. The first-order valence-corrected chi connectivity index (χ1v) is 7.13. The van der Waals surface area contributed by atoms with Crippen molar-refractivity contribution >= 4 is 22.7 Å². The van der Waals surface area contributed by atoms with Gasteiger partial charge in [0.1, 0.15) is 5.75 Å². The molecule has 1 aromatic heterocycles. The van der Waals surface area contributed by atoms with Crippen molar-refractivity contribution in [2.24, 2.45) is 5.10 Å². The lowest BCUT2D eigenvalue weighted by atomic mass is 10.2.